The van der Waals surface area contributed by atoms with Gasteiger partial charge < -0.3 is 60.4 Å². The molecule has 0 aromatic heterocycles. The minimum absolute atomic E-state index is 0.0465. The minimum Gasteiger partial charge on any atom is -0.394 e. The zero-order valence-corrected chi connectivity index (χ0v) is 13.9. The van der Waals surface area contributed by atoms with Gasteiger partial charge in [-0.3, -0.25) is 0 Å². The second kappa shape index (κ2) is 9.64. The lowest BCUT2D eigenvalue weighted by Gasteiger charge is -2.45. The highest BCUT2D eigenvalue weighted by Gasteiger charge is 2.50. The molecule has 0 aromatic rings. The standard InChI is InChI=1S/C14H27NO11/c15-1-2-23-13-11(22)9(20)12(6(4-17)25-13)26-14-10(21)8(19)7(18)5(3-16)24-14/h5-14,16-22H,1-4,15H2/t5-,6-,7+,8+,9-,10-,11-,12-,13-,14+/m1/s1. The molecule has 26 heavy (non-hydrogen) atoms. The van der Waals surface area contributed by atoms with Gasteiger partial charge in [0.1, 0.15) is 48.8 Å². The third-order valence-corrected chi connectivity index (χ3v) is 4.36. The van der Waals surface area contributed by atoms with Crippen molar-refractivity contribution in [3.63, 3.8) is 0 Å². The maximum atomic E-state index is 10.3. The fraction of sp³-hybridized carbons (Fsp3) is 1.00. The third-order valence-electron chi connectivity index (χ3n) is 4.36. The fourth-order valence-electron chi connectivity index (χ4n) is 2.88. The van der Waals surface area contributed by atoms with Crippen LogP contribution < -0.4 is 5.73 Å². The molecule has 2 aliphatic rings. The van der Waals surface area contributed by atoms with Crippen LogP contribution in [0.3, 0.4) is 0 Å². The molecule has 2 saturated heterocycles. The average molecular weight is 385 g/mol. The van der Waals surface area contributed by atoms with Gasteiger partial charge in [-0.25, -0.2) is 0 Å². The van der Waals surface area contributed by atoms with Gasteiger partial charge in [0, 0.05) is 6.54 Å². The van der Waals surface area contributed by atoms with E-state index in [0.29, 0.717) is 0 Å². The van der Waals surface area contributed by atoms with E-state index in [1.165, 1.54) is 0 Å². The molecular formula is C14H27NO11. The van der Waals surface area contributed by atoms with Crippen LogP contribution in [0.4, 0.5) is 0 Å². The highest BCUT2D eigenvalue weighted by molar-refractivity contribution is 4.94. The molecule has 2 fully saturated rings. The molecule has 0 saturated carbocycles. The van der Waals surface area contributed by atoms with Crippen molar-refractivity contribution < 1.29 is 54.7 Å². The summed E-state index contributed by atoms with van der Waals surface area (Å²) in [5.41, 5.74) is 5.30. The number of hydrogen-bond acceptors (Lipinski definition) is 12. The van der Waals surface area contributed by atoms with E-state index in [1.54, 1.807) is 0 Å². The predicted molar refractivity (Wildman–Crippen MR) is 81.4 cm³/mol. The molecule has 2 rings (SSSR count). The monoisotopic (exact) mass is 385 g/mol. The topological polar surface area (TPSA) is 205 Å². The smallest absolute Gasteiger partial charge is 0.187 e. The van der Waals surface area contributed by atoms with Crippen molar-refractivity contribution in [3.8, 4) is 0 Å². The van der Waals surface area contributed by atoms with E-state index in [2.05, 4.69) is 0 Å². The van der Waals surface area contributed by atoms with E-state index in [-0.39, 0.29) is 13.2 Å². The second-order valence-electron chi connectivity index (χ2n) is 6.16. The van der Waals surface area contributed by atoms with Crippen molar-refractivity contribution in [1.82, 2.24) is 0 Å². The van der Waals surface area contributed by atoms with Crippen LogP contribution in [0.1, 0.15) is 0 Å². The minimum atomic E-state index is -1.71. The maximum absolute atomic E-state index is 10.3. The number of aliphatic hydroxyl groups is 7. The molecule has 0 spiro atoms. The van der Waals surface area contributed by atoms with Gasteiger partial charge in [0.15, 0.2) is 12.6 Å². The molecule has 2 aliphatic heterocycles. The van der Waals surface area contributed by atoms with Gasteiger partial charge in [0.2, 0.25) is 0 Å². The average Bonchev–Trinajstić information content (AvgIpc) is 2.64. The van der Waals surface area contributed by atoms with Crippen LogP contribution in [-0.2, 0) is 18.9 Å². The Labute approximate surface area is 149 Å². The van der Waals surface area contributed by atoms with Crippen molar-refractivity contribution in [2.24, 2.45) is 5.73 Å². The van der Waals surface area contributed by atoms with Gasteiger partial charge in [-0.2, -0.15) is 0 Å². The maximum Gasteiger partial charge on any atom is 0.187 e. The van der Waals surface area contributed by atoms with Gasteiger partial charge in [-0.15, -0.1) is 0 Å². The molecule has 0 bridgehead atoms. The zero-order valence-electron chi connectivity index (χ0n) is 13.9. The fourth-order valence-corrected chi connectivity index (χ4v) is 2.88. The largest absolute Gasteiger partial charge is 0.394 e. The number of ether oxygens (including phenoxy) is 4. The molecule has 0 unspecified atom stereocenters. The van der Waals surface area contributed by atoms with Crippen molar-refractivity contribution in [3.05, 3.63) is 0 Å². The van der Waals surface area contributed by atoms with Crippen LogP contribution in [0.2, 0.25) is 0 Å². The lowest BCUT2D eigenvalue weighted by molar-refractivity contribution is -0.359. The highest BCUT2D eigenvalue weighted by Crippen LogP contribution is 2.29. The number of rotatable bonds is 7. The Morgan fingerprint density at radius 2 is 1.31 bits per heavy atom. The molecule has 154 valence electrons. The number of hydrogen-bond donors (Lipinski definition) is 8. The van der Waals surface area contributed by atoms with Crippen molar-refractivity contribution >= 4 is 0 Å². The molecule has 0 amide bonds. The van der Waals surface area contributed by atoms with Crippen LogP contribution in [0, 0.1) is 0 Å². The van der Waals surface area contributed by atoms with Crippen LogP contribution in [0.25, 0.3) is 0 Å². The summed E-state index contributed by atoms with van der Waals surface area (Å²) in [5.74, 6) is 0. The summed E-state index contributed by atoms with van der Waals surface area (Å²) < 4.78 is 21.1. The lowest BCUT2D eigenvalue weighted by Crippen LogP contribution is -2.64. The summed E-state index contributed by atoms with van der Waals surface area (Å²) in [5, 5.41) is 68.6. The summed E-state index contributed by atoms with van der Waals surface area (Å²) in [6.45, 7) is -1.08. The van der Waals surface area contributed by atoms with Gasteiger partial charge in [-0.05, 0) is 0 Å². The summed E-state index contributed by atoms with van der Waals surface area (Å²) in [6.07, 6.45) is -14.6. The van der Waals surface area contributed by atoms with Crippen LogP contribution in [0.5, 0.6) is 0 Å². The zero-order chi connectivity index (χ0) is 19.4. The highest BCUT2D eigenvalue weighted by atomic mass is 16.7. The number of nitrogens with two attached hydrogens (primary N) is 1. The van der Waals surface area contributed by atoms with Crippen molar-refractivity contribution in [2.75, 3.05) is 26.4 Å². The molecule has 12 heteroatoms. The van der Waals surface area contributed by atoms with Crippen LogP contribution >= 0.6 is 0 Å². The first-order valence-corrected chi connectivity index (χ1v) is 8.25. The second-order valence-corrected chi connectivity index (χ2v) is 6.16. The Hall–Kier alpha value is -0.480. The van der Waals surface area contributed by atoms with Gasteiger partial charge in [0.05, 0.1) is 19.8 Å². The molecule has 0 aliphatic carbocycles. The summed E-state index contributed by atoms with van der Waals surface area (Å²) in [7, 11) is 0. The molecule has 0 aromatic carbocycles. The lowest BCUT2D eigenvalue weighted by atomic mass is 9.97. The van der Waals surface area contributed by atoms with Crippen LogP contribution in [-0.4, -0.2) is 124 Å². The van der Waals surface area contributed by atoms with E-state index in [4.69, 9.17) is 24.7 Å². The summed E-state index contributed by atoms with van der Waals surface area (Å²) in [4.78, 5) is 0. The van der Waals surface area contributed by atoms with Crippen LogP contribution in [0.15, 0.2) is 0 Å². The van der Waals surface area contributed by atoms with Crippen molar-refractivity contribution in [1.29, 1.82) is 0 Å². The van der Waals surface area contributed by atoms with E-state index >= 15 is 0 Å². The third kappa shape index (κ3) is 4.49. The van der Waals surface area contributed by atoms with Gasteiger partial charge in [0.25, 0.3) is 0 Å². The molecular weight excluding hydrogens is 358 g/mol. The van der Waals surface area contributed by atoms with Crippen molar-refractivity contribution in [2.45, 2.75) is 61.4 Å². The Balaban J connectivity index is 2.09. The summed E-state index contributed by atoms with van der Waals surface area (Å²) >= 11 is 0. The first kappa shape index (κ1) is 21.8. The summed E-state index contributed by atoms with van der Waals surface area (Å²) in [6, 6.07) is 0. The molecule has 10 atom stereocenters. The first-order chi connectivity index (χ1) is 12.3. The van der Waals surface area contributed by atoms with E-state index in [1.807, 2.05) is 0 Å². The van der Waals surface area contributed by atoms with Gasteiger partial charge >= 0.3 is 0 Å². The molecule has 0 radical (unpaired) electrons. The molecule has 9 N–H and O–H groups in total. The SMILES string of the molecule is NCCO[C@@H]1O[C@H](CO)[C@@H](O[C@@H]2O[C@H](CO)[C@H](O)[C@H](O)[C@H]2O)[C@H](O)[C@H]1O. The Morgan fingerprint density at radius 1 is 0.731 bits per heavy atom. The molecule has 12 nitrogen and oxygen atoms in total. The Bertz CT molecular complexity index is 426. The first-order valence-electron chi connectivity index (χ1n) is 8.25. The molecule has 2 heterocycles. The predicted octanol–water partition coefficient (Wildman–Crippen LogP) is -5.41. The quantitative estimate of drug-likeness (QED) is 0.207. The van der Waals surface area contributed by atoms with E-state index in [9.17, 15) is 35.7 Å². The van der Waals surface area contributed by atoms with E-state index < -0.39 is 74.6 Å². The Morgan fingerprint density at radius 3 is 1.88 bits per heavy atom. The van der Waals surface area contributed by atoms with E-state index in [0.717, 1.165) is 0 Å². The normalized spacial score (nSPS) is 47.1. The number of aliphatic hydroxyl groups excluding tert-OH is 7. The van der Waals surface area contributed by atoms with Gasteiger partial charge in [-0.1, -0.05) is 0 Å². The Kier molecular flexibility index (Phi) is 8.08.